The molecular formula is C25H25ClF4N6O. The lowest BCUT2D eigenvalue weighted by Crippen LogP contribution is -2.69. The van der Waals surface area contributed by atoms with Crippen molar-refractivity contribution in [2.75, 3.05) is 31.2 Å². The van der Waals surface area contributed by atoms with Crippen molar-refractivity contribution < 1.29 is 22.3 Å². The molecule has 0 amide bonds. The summed E-state index contributed by atoms with van der Waals surface area (Å²) in [5.41, 5.74) is -0.0911. The molecule has 0 saturated carbocycles. The lowest BCUT2D eigenvalue weighted by atomic mass is 9.93. The molecule has 0 aliphatic carbocycles. The first-order valence-corrected chi connectivity index (χ1v) is 12.5. The first-order chi connectivity index (χ1) is 17.7. The van der Waals surface area contributed by atoms with Crippen molar-refractivity contribution in [2.24, 2.45) is 0 Å². The van der Waals surface area contributed by atoms with Crippen LogP contribution >= 0.6 is 11.6 Å². The first kappa shape index (κ1) is 24.6. The highest BCUT2D eigenvalue weighted by Gasteiger charge is 2.63. The van der Waals surface area contributed by atoms with Gasteiger partial charge in [0.15, 0.2) is 11.4 Å². The Labute approximate surface area is 216 Å². The maximum atomic E-state index is 14.2. The molecule has 37 heavy (non-hydrogen) atoms. The fraction of sp³-hybridized carbons (Fsp3) is 0.480. The van der Waals surface area contributed by atoms with Crippen LogP contribution in [0.15, 0.2) is 30.5 Å². The number of anilines is 1. The summed E-state index contributed by atoms with van der Waals surface area (Å²) in [5, 5.41) is 9.32. The number of fused-ring (bicyclic) bond motifs is 3. The topological polar surface area (TPSA) is 59.3 Å². The Kier molecular flexibility index (Phi) is 5.92. The van der Waals surface area contributed by atoms with Crippen LogP contribution in [-0.4, -0.2) is 62.7 Å². The molecule has 196 valence electrons. The lowest BCUT2D eigenvalue weighted by molar-refractivity contribution is -0.310. The van der Waals surface area contributed by atoms with Crippen molar-refractivity contribution >= 4 is 17.4 Å². The highest BCUT2D eigenvalue weighted by molar-refractivity contribution is 6.30. The van der Waals surface area contributed by atoms with E-state index in [1.165, 1.54) is 11.1 Å². The Morgan fingerprint density at radius 1 is 1.08 bits per heavy atom. The molecule has 7 nitrogen and oxygen atoms in total. The number of alkyl halides is 3. The van der Waals surface area contributed by atoms with E-state index in [0.717, 1.165) is 30.2 Å². The number of benzene rings is 1. The van der Waals surface area contributed by atoms with E-state index in [9.17, 15) is 17.6 Å². The Hall–Kier alpha value is -2.76. The molecule has 12 heteroatoms. The Morgan fingerprint density at radius 2 is 1.84 bits per heavy atom. The third-order valence-electron chi connectivity index (χ3n) is 7.76. The second kappa shape index (κ2) is 8.92. The Balaban J connectivity index is 1.32. The summed E-state index contributed by atoms with van der Waals surface area (Å²) in [5.74, 6) is 1.64. The molecule has 0 bridgehead atoms. The minimum Gasteiger partial charge on any atom is -0.377 e. The van der Waals surface area contributed by atoms with E-state index < -0.39 is 24.9 Å². The summed E-state index contributed by atoms with van der Waals surface area (Å²) >= 11 is 6.27. The van der Waals surface area contributed by atoms with Crippen LogP contribution in [0.25, 0.3) is 5.69 Å². The van der Waals surface area contributed by atoms with Gasteiger partial charge in [-0.2, -0.15) is 13.2 Å². The summed E-state index contributed by atoms with van der Waals surface area (Å²) in [6, 6.07) is 7.03. The number of piperidine rings is 1. The molecule has 2 aromatic heterocycles. The van der Waals surface area contributed by atoms with Gasteiger partial charge in [0.25, 0.3) is 0 Å². The van der Waals surface area contributed by atoms with Crippen LogP contribution in [0.2, 0.25) is 5.02 Å². The summed E-state index contributed by atoms with van der Waals surface area (Å²) in [7, 11) is 0. The second-order valence-electron chi connectivity index (χ2n) is 10.0. The van der Waals surface area contributed by atoms with Crippen LogP contribution in [-0.2, 0) is 17.8 Å². The molecule has 0 atom stereocenters. The molecule has 6 rings (SSSR count). The van der Waals surface area contributed by atoms with Gasteiger partial charge >= 0.3 is 6.18 Å². The van der Waals surface area contributed by atoms with Gasteiger partial charge in [0.2, 0.25) is 0 Å². The molecule has 3 aromatic rings. The predicted molar refractivity (Wildman–Crippen MR) is 128 cm³/mol. The highest BCUT2D eigenvalue weighted by Crippen LogP contribution is 2.44. The number of hydrogen-bond donors (Lipinski definition) is 0. The van der Waals surface area contributed by atoms with Crippen molar-refractivity contribution in [3.63, 3.8) is 0 Å². The molecular weight excluding hydrogens is 512 g/mol. The van der Waals surface area contributed by atoms with E-state index >= 15 is 0 Å². The van der Waals surface area contributed by atoms with Crippen LogP contribution in [0.5, 0.6) is 0 Å². The van der Waals surface area contributed by atoms with Gasteiger partial charge in [-0.1, -0.05) is 11.6 Å². The van der Waals surface area contributed by atoms with Gasteiger partial charge in [-0.25, -0.2) is 9.37 Å². The van der Waals surface area contributed by atoms with Gasteiger partial charge in [0, 0.05) is 30.6 Å². The molecule has 0 unspecified atom stereocenters. The molecule has 0 N–H and O–H groups in total. The third-order valence-corrected chi connectivity index (χ3v) is 8.00. The third kappa shape index (κ3) is 4.07. The smallest absolute Gasteiger partial charge is 0.377 e. The zero-order valence-corrected chi connectivity index (χ0v) is 20.9. The van der Waals surface area contributed by atoms with Crippen LogP contribution in [0, 0.1) is 12.7 Å². The molecule has 0 radical (unpaired) electrons. The molecule has 5 heterocycles. The van der Waals surface area contributed by atoms with E-state index in [0.29, 0.717) is 35.1 Å². The number of aromatic nitrogens is 4. The van der Waals surface area contributed by atoms with Crippen LogP contribution in [0.4, 0.5) is 23.4 Å². The number of hydrogen-bond acceptors (Lipinski definition) is 6. The average molecular weight is 537 g/mol. The molecule has 1 aromatic carbocycles. The summed E-state index contributed by atoms with van der Waals surface area (Å²) < 4.78 is 63.2. The summed E-state index contributed by atoms with van der Waals surface area (Å²) in [4.78, 5) is 7.74. The van der Waals surface area contributed by atoms with Crippen LogP contribution < -0.4 is 4.90 Å². The van der Waals surface area contributed by atoms with Gasteiger partial charge in [-0.15, -0.1) is 10.2 Å². The van der Waals surface area contributed by atoms with Crippen molar-refractivity contribution in [2.45, 2.75) is 50.5 Å². The van der Waals surface area contributed by atoms with Gasteiger partial charge in [-0.3, -0.25) is 9.47 Å². The van der Waals surface area contributed by atoms with E-state index in [-0.39, 0.29) is 24.8 Å². The molecule has 3 aliphatic rings. The zero-order valence-electron chi connectivity index (χ0n) is 20.1. The largest absolute Gasteiger partial charge is 0.411 e. The van der Waals surface area contributed by atoms with Crippen LogP contribution in [0.1, 0.15) is 41.5 Å². The maximum Gasteiger partial charge on any atom is 0.411 e. The van der Waals surface area contributed by atoms with Crippen LogP contribution in [0.3, 0.4) is 0 Å². The number of ether oxygens (including phenoxy) is 1. The lowest BCUT2D eigenvalue weighted by Gasteiger charge is -2.49. The Morgan fingerprint density at radius 3 is 2.49 bits per heavy atom. The van der Waals surface area contributed by atoms with Crippen molar-refractivity contribution in [3.05, 3.63) is 64.1 Å². The first-order valence-electron chi connectivity index (χ1n) is 12.2. The van der Waals surface area contributed by atoms with Gasteiger partial charge in [0.05, 0.1) is 31.6 Å². The van der Waals surface area contributed by atoms with Gasteiger partial charge < -0.3 is 9.64 Å². The SMILES string of the molecule is Cc1cc(N2CCC(c3nnc4n3-c3ccc(Cl)cc3CN(C3(C(F)(F)F)COC3)C4)CC2)ncc1F. The quantitative estimate of drug-likeness (QED) is 0.449. The zero-order chi connectivity index (χ0) is 25.9. The Bertz CT molecular complexity index is 1330. The van der Waals surface area contributed by atoms with Gasteiger partial charge in [-0.05, 0) is 55.2 Å². The number of nitrogens with zero attached hydrogens (tertiary/aromatic N) is 6. The van der Waals surface area contributed by atoms with Crippen molar-refractivity contribution in [1.82, 2.24) is 24.6 Å². The fourth-order valence-electron chi connectivity index (χ4n) is 5.48. The summed E-state index contributed by atoms with van der Waals surface area (Å²) in [6.07, 6.45) is -1.71. The minimum atomic E-state index is -4.46. The van der Waals surface area contributed by atoms with Crippen molar-refractivity contribution in [1.29, 1.82) is 0 Å². The van der Waals surface area contributed by atoms with Crippen molar-refractivity contribution in [3.8, 4) is 5.69 Å². The van der Waals surface area contributed by atoms with Gasteiger partial charge in [0.1, 0.15) is 17.5 Å². The number of aryl methyl sites for hydroxylation is 1. The van der Waals surface area contributed by atoms with E-state index in [1.54, 1.807) is 25.1 Å². The van der Waals surface area contributed by atoms with E-state index in [4.69, 9.17) is 16.3 Å². The molecule has 0 spiro atoms. The highest BCUT2D eigenvalue weighted by atomic mass is 35.5. The molecule has 2 fully saturated rings. The maximum absolute atomic E-state index is 14.2. The molecule has 3 aliphatic heterocycles. The second-order valence-corrected chi connectivity index (χ2v) is 10.5. The normalized spacial score (nSPS) is 20.2. The van der Waals surface area contributed by atoms with E-state index in [2.05, 4.69) is 20.1 Å². The number of pyridine rings is 1. The number of halogens is 5. The monoisotopic (exact) mass is 536 g/mol. The number of rotatable bonds is 3. The average Bonchev–Trinajstić information content (AvgIpc) is 3.15. The summed E-state index contributed by atoms with van der Waals surface area (Å²) in [6.45, 7) is 2.32. The fourth-order valence-corrected chi connectivity index (χ4v) is 5.67. The predicted octanol–water partition coefficient (Wildman–Crippen LogP) is 4.79. The molecule has 2 saturated heterocycles. The standard InChI is InChI=1S/C25H25ClF4N6O/c1-15-8-21(31-10-19(15)27)34-6-4-16(5-7-34)23-33-32-22-12-35(24(13-37-14-24)25(28,29)30)11-17-9-18(26)2-3-20(17)36(22)23/h2-3,8-10,16H,4-7,11-14H2,1H3. The van der Waals surface area contributed by atoms with E-state index in [1.807, 2.05) is 10.6 Å². The minimum absolute atomic E-state index is 0.0141.